The van der Waals surface area contributed by atoms with E-state index in [-0.39, 0.29) is 41.0 Å². The maximum Gasteiger partial charge on any atom is 1.00 e. The Labute approximate surface area is 102 Å². The predicted octanol–water partition coefficient (Wildman–Crippen LogP) is -3.78. The second kappa shape index (κ2) is 4.63. The summed E-state index contributed by atoms with van der Waals surface area (Å²) in [6, 6.07) is 1.56. The normalized spacial score (nSPS) is 12.9. The van der Waals surface area contributed by atoms with Crippen LogP contribution in [-0.4, -0.2) is 24.2 Å². The van der Waals surface area contributed by atoms with Gasteiger partial charge in [0.05, 0.1) is 5.97 Å². The topological polar surface area (TPSA) is 71.5 Å². The monoisotopic (exact) mass is 203 g/mol. The van der Waals surface area contributed by atoms with E-state index in [0.717, 1.165) is 0 Å². The van der Waals surface area contributed by atoms with Crippen LogP contribution < -0.4 is 44.1 Å². The first-order valence-corrected chi connectivity index (χ1v) is 3.75. The van der Waals surface area contributed by atoms with Crippen molar-refractivity contribution in [2.24, 2.45) is 0 Å². The number of aromatic nitrogens is 1. The molecule has 0 bridgehead atoms. The number of carbonyl (C=O) groups is 1. The fourth-order valence-electron chi connectivity index (χ4n) is 1.12. The number of carboxylic acids is 1. The average molecular weight is 203 g/mol. The molecule has 1 aliphatic heterocycles. The molecule has 14 heavy (non-hydrogen) atoms. The Bertz CT molecular complexity index is 355. The Hall–Kier alpha value is -0.780. The van der Waals surface area contributed by atoms with Crippen LogP contribution in [0.2, 0.25) is 0 Å². The van der Waals surface area contributed by atoms with Gasteiger partial charge in [-0.2, -0.15) is 0 Å². The van der Waals surface area contributed by atoms with Gasteiger partial charge in [-0.05, 0) is 0 Å². The third-order valence-electron chi connectivity index (χ3n) is 1.65. The Morgan fingerprint density at radius 1 is 1.43 bits per heavy atom. The number of carboxylic acid groups (broad SMARTS) is 1. The number of nitrogens with zero attached hydrogens (tertiary/aromatic N) is 1. The van der Waals surface area contributed by atoms with E-state index in [0.29, 0.717) is 19.0 Å². The SMILES string of the molecule is O=C([O-])c1nccc2c1OCCO2.[Na+]. The van der Waals surface area contributed by atoms with Crippen LogP contribution in [0.1, 0.15) is 10.5 Å². The van der Waals surface area contributed by atoms with E-state index in [1.54, 1.807) is 6.07 Å². The van der Waals surface area contributed by atoms with Crippen LogP contribution >= 0.6 is 0 Å². The average Bonchev–Trinajstić information content (AvgIpc) is 2.17. The van der Waals surface area contributed by atoms with Crippen LogP contribution in [-0.2, 0) is 0 Å². The first-order valence-electron chi connectivity index (χ1n) is 3.75. The third-order valence-corrected chi connectivity index (χ3v) is 1.65. The standard InChI is InChI=1S/C8H7NO4.Na/c10-8(11)6-7-5(1-2-9-6)12-3-4-13-7;/h1-2H,3-4H2,(H,10,11);/q;+1/p-1. The maximum atomic E-state index is 10.6. The molecule has 6 heteroatoms. The van der Waals surface area contributed by atoms with Gasteiger partial charge < -0.3 is 19.4 Å². The Morgan fingerprint density at radius 2 is 2.14 bits per heavy atom. The molecule has 5 nitrogen and oxygen atoms in total. The van der Waals surface area contributed by atoms with Crippen molar-refractivity contribution < 1.29 is 48.9 Å². The van der Waals surface area contributed by atoms with Gasteiger partial charge in [-0.1, -0.05) is 0 Å². The molecule has 0 saturated heterocycles. The van der Waals surface area contributed by atoms with Crippen molar-refractivity contribution in [3.8, 4) is 11.5 Å². The van der Waals surface area contributed by atoms with Crippen LogP contribution in [0.5, 0.6) is 11.5 Å². The zero-order chi connectivity index (χ0) is 9.26. The number of ether oxygens (including phenoxy) is 2. The van der Waals surface area contributed by atoms with E-state index in [1.165, 1.54) is 6.20 Å². The Morgan fingerprint density at radius 3 is 2.86 bits per heavy atom. The van der Waals surface area contributed by atoms with Crippen molar-refractivity contribution >= 4 is 5.97 Å². The van der Waals surface area contributed by atoms with Crippen molar-refractivity contribution in [2.45, 2.75) is 0 Å². The molecule has 0 spiro atoms. The van der Waals surface area contributed by atoms with Crippen molar-refractivity contribution in [3.63, 3.8) is 0 Å². The van der Waals surface area contributed by atoms with E-state index in [4.69, 9.17) is 9.47 Å². The van der Waals surface area contributed by atoms with Crippen molar-refractivity contribution in [1.29, 1.82) is 0 Å². The maximum absolute atomic E-state index is 10.6. The minimum absolute atomic E-state index is 0. The molecule has 0 N–H and O–H groups in total. The zero-order valence-corrected chi connectivity index (χ0v) is 9.65. The molecular formula is C8H6NNaO4. The summed E-state index contributed by atoms with van der Waals surface area (Å²) in [6.45, 7) is 0.752. The van der Waals surface area contributed by atoms with Crippen LogP contribution in [0.25, 0.3) is 0 Å². The molecule has 0 radical (unpaired) electrons. The summed E-state index contributed by atoms with van der Waals surface area (Å²) < 4.78 is 10.3. The molecule has 1 aromatic rings. The van der Waals surface area contributed by atoms with Gasteiger partial charge in [0.15, 0.2) is 11.5 Å². The largest absolute Gasteiger partial charge is 1.00 e. The summed E-state index contributed by atoms with van der Waals surface area (Å²) in [5.74, 6) is -0.795. The molecule has 0 unspecified atom stereocenters. The molecule has 1 aliphatic rings. The summed E-state index contributed by atoms with van der Waals surface area (Å²) in [5, 5.41) is 10.6. The Balaban J connectivity index is 0.000000980. The Kier molecular flexibility index (Phi) is 3.74. The summed E-state index contributed by atoms with van der Waals surface area (Å²) in [6.07, 6.45) is 1.35. The van der Waals surface area contributed by atoms with E-state index in [1.807, 2.05) is 0 Å². The molecule has 68 valence electrons. The van der Waals surface area contributed by atoms with E-state index < -0.39 is 5.97 Å². The molecule has 0 aliphatic carbocycles. The fourth-order valence-corrected chi connectivity index (χ4v) is 1.12. The van der Waals surface area contributed by atoms with Gasteiger partial charge in [0.2, 0.25) is 0 Å². The number of carbonyl (C=O) groups excluding carboxylic acids is 1. The van der Waals surface area contributed by atoms with Crippen LogP contribution in [0, 0.1) is 0 Å². The van der Waals surface area contributed by atoms with Gasteiger partial charge in [0, 0.05) is 12.3 Å². The van der Waals surface area contributed by atoms with Gasteiger partial charge in [0.25, 0.3) is 0 Å². The fraction of sp³-hybridized carbons (Fsp3) is 0.250. The second-order valence-electron chi connectivity index (χ2n) is 2.47. The van der Waals surface area contributed by atoms with E-state index in [9.17, 15) is 9.90 Å². The van der Waals surface area contributed by atoms with Crippen molar-refractivity contribution in [1.82, 2.24) is 4.98 Å². The molecule has 0 atom stereocenters. The summed E-state index contributed by atoms with van der Waals surface area (Å²) >= 11 is 0. The number of aromatic carboxylic acids is 1. The van der Waals surface area contributed by atoms with Gasteiger partial charge in [-0.3, -0.25) is 4.98 Å². The molecule has 0 saturated carbocycles. The summed E-state index contributed by atoms with van der Waals surface area (Å²) in [7, 11) is 0. The number of fused-ring (bicyclic) bond motifs is 1. The molecule has 1 aromatic heterocycles. The van der Waals surface area contributed by atoms with Crippen molar-refractivity contribution in [3.05, 3.63) is 18.0 Å². The molecule has 2 rings (SSSR count). The van der Waals surface area contributed by atoms with Gasteiger partial charge in [0.1, 0.15) is 18.9 Å². The molecule has 0 aromatic carbocycles. The van der Waals surface area contributed by atoms with Crippen LogP contribution in [0.3, 0.4) is 0 Å². The van der Waals surface area contributed by atoms with E-state index in [2.05, 4.69) is 4.98 Å². The molecule has 2 heterocycles. The van der Waals surface area contributed by atoms with Gasteiger partial charge in [-0.25, -0.2) is 0 Å². The quantitative estimate of drug-likeness (QED) is 0.438. The molecule has 0 amide bonds. The number of hydrogen-bond donors (Lipinski definition) is 0. The van der Waals surface area contributed by atoms with E-state index >= 15 is 0 Å². The summed E-state index contributed by atoms with van der Waals surface area (Å²) in [4.78, 5) is 14.2. The third kappa shape index (κ3) is 2.00. The van der Waals surface area contributed by atoms with Crippen molar-refractivity contribution in [2.75, 3.05) is 13.2 Å². The minimum Gasteiger partial charge on any atom is -0.543 e. The number of rotatable bonds is 1. The van der Waals surface area contributed by atoms with Gasteiger partial charge in [-0.15, -0.1) is 0 Å². The van der Waals surface area contributed by atoms with Crippen LogP contribution in [0.4, 0.5) is 0 Å². The first-order chi connectivity index (χ1) is 6.29. The first kappa shape index (κ1) is 11.3. The number of hydrogen-bond acceptors (Lipinski definition) is 5. The van der Waals surface area contributed by atoms with Gasteiger partial charge >= 0.3 is 29.6 Å². The zero-order valence-electron chi connectivity index (χ0n) is 7.65. The second-order valence-corrected chi connectivity index (χ2v) is 2.47. The number of pyridine rings is 1. The van der Waals surface area contributed by atoms with Crippen LogP contribution in [0.15, 0.2) is 12.3 Å². The molecule has 0 fully saturated rings. The summed E-state index contributed by atoms with van der Waals surface area (Å²) in [5.41, 5.74) is -0.211. The predicted molar refractivity (Wildman–Crippen MR) is 39.6 cm³/mol. The minimum atomic E-state index is -1.36. The smallest absolute Gasteiger partial charge is 0.543 e. The molecular weight excluding hydrogens is 197 g/mol.